The number of unbranched alkanes of at least 4 members (excludes halogenated alkanes) is 5. The maximum atomic E-state index is 12.9. The number of nitrogens with zero attached hydrogens (tertiary/aromatic N) is 2. The minimum atomic E-state index is -4.41. The van der Waals surface area contributed by atoms with Crippen molar-refractivity contribution in [3.8, 4) is 0 Å². The van der Waals surface area contributed by atoms with Crippen molar-refractivity contribution in [3.05, 3.63) is 23.8 Å². The summed E-state index contributed by atoms with van der Waals surface area (Å²) >= 11 is 0. The highest BCUT2D eigenvalue weighted by Crippen LogP contribution is 2.35. The third-order valence-corrected chi connectivity index (χ3v) is 4.40. The largest absolute Gasteiger partial charge is 0.433 e. The lowest BCUT2D eigenvalue weighted by Crippen LogP contribution is -2.26. The van der Waals surface area contributed by atoms with Gasteiger partial charge in [-0.05, 0) is 18.9 Å². The Morgan fingerprint density at radius 2 is 1.52 bits per heavy atom. The molecule has 5 heteroatoms. The minimum absolute atomic E-state index is 0.344. The SMILES string of the molecule is CCCCCCCC(C)(CCCC)c1nccc(C(F)(F)F)n1. The van der Waals surface area contributed by atoms with Gasteiger partial charge in [0.2, 0.25) is 0 Å². The summed E-state index contributed by atoms with van der Waals surface area (Å²) in [6.45, 7) is 6.27. The van der Waals surface area contributed by atoms with Gasteiger partial charge in [0.1, 0.15) is 11.5 Å². The van der Waals surface area contributed by atoms with Crippen LogP contribution in [-0.4, -0.2) is 9.97 Å². The van der Waals surface area contributed by atoms with Crippen LogP contribution < -0.4 is 0 Å². The third-order valence-electron chi connectivity index (χ3n) is 4.40. The maximum absolute atomic E-state index is 12.9. The van der Waals surface area contributed by atoms with E-state index in [1.165, 1.54) is 25.5 Å². The van der Waals surface area contributed by atoms with Gasteiger partial charge in [-0.1, -0.05) is 65.7 Å². The van der Waals surface area contributed by atoms with Gasteiger partial charge in [-0.25, -0.2) is 9.97 Å². The lowest BCUT2D eigenvalue weighted by molar-refractivity contribution is -0.141. The van der Waals surface area contributed by atoms with E-state index in [4.69, 9.17) is 0 Å². The normalized spacial score (nSPS) is 14.7. The number of aromatic nitrogens is 2. The fraction of sp³-hybridized carbons (Fsp3) is 0.778. The summed E-state index contributed by atoms with van der Waals surface area (Å²) in [5, 5.41) is 0. The van der Waals surface area contributed by atoms with Gasteiger partial charge < -0.3 is 0 Å². The molecule has 0 aliphatic rings. The van der Waals surface area contributed by atoms with Gasteiger partial charge in [0.25, 0.3) is 0 Å². The summed E-state index contributed by atoms with van der Waals surface area (Å²) in [4.78, 5) is 8.03. The van der Waals surface area contributed by atoms with Crippen LogP contribution in [0.5, 0.6) is 0 Å². The van der Waals surface area contributed by atoms with Crippen molar-refractivity contribution in [2.45, 2.75) is 90.1 Å². The second-order valence-corrected chi connectivity index (χ2v) is 6.59. The van der Waals surface area contributed by atoms with Crippen molar-refractivity contribution in [3.63, 3.8) is 0 Å². The molecule has 0 aliphatic carbocycles. The predicted molar refractivity (Wildman–Crippen MR) is 87.3 cm³/mol. The van der Waals surface area contributed by atoms with E-state index in [-0.39, 0.29) is 5.41 Å². The molecule has 1 unspecified atom stereocenters. The van der Waals surface area contributed by atoms with Gasteiger partial charge >= 0.3 is 6.18 Å². The zero-order chi connectivity index (χ0) is 17.3. The summed E-state index contributed by atoms with van der Waals surface area (Å²) in [5.41, 5.74) is -1.21. The van der Waals surface area contributed by atoms with Crippen molar-refractivity contribution in [2.24, 2.45) is 0 Å². The Labute approximate surface area is 137 Å². The molecular weight excluding hydrogens is 301 g/mol. The van der Waals surface area contributed by atoms with E-state index in [9.17, 15) is 13.2 Å². The number of hydrogen-bond acceptors (Lipinski definition) is 2. The Hall–Kier alpha value is -1.13. The third kappa shape index (κ3) is 6.48. The van der Waals surface area contributed by atoms with Crippen LogP contribution in [0, 0.1) is 0 Å². The maximum Gasteiger partial charge on any atom is 0.433 e. The van der Waals surface area contributed by atoms with Gasteiger partial charge in [0.15, 0.2) is 0 Å². The molecular formula is C18H29F3N2. The van der Waals surface area contributed by atoms with Crippen molar-refractivity contribution in [1.82, 2.24) is 9.97 Å². The first-order valence-electron chi connectivity index (χ1n) is 8.74. The molecule has 0 saturated heterocycles. The molecule has 1 heterocycles. The molecule has 1 rings (SSSR count). The van der Waals surface area contributed by atoms with E-state index in [0.717, 1.165) is 44.6 Å². The average Bonchev–Trinajstić information content (AvgIpc) is 2.52. The standard InChI is InChI=1S/C18H29F3N2/c1-4-6-8-9-10-13-17(3,12-7-5-2)16-22-14-11-15(23-16)18(19,20)21/h11,14H,4-10,12-13H2,1-3H3. The molecule has 2 nitrogen and oxygen atoms in total. The van der Waals surface area contributed by atoms with Crippen LogP contribution in [0.25, 0.3) is 0 Å². The summed E-state index contributed by atoms with van der Waals surface area (Å²) in [5.74, 6) is 0.344. The molecule has 0 radical (unpaired) electrons. The first-order chi connectivity index (χ1) is 10.8. The Morgan fingerprint density at radius 1 is 0.913 bits per heavy atom. The van der Waals surface area contributed by atoms with Crippen LogP contribution in [0.15, 0.2) is 12.3 Å². The molecule has 0 saturated carbocycles. The summed E-state index contributed by atoms with van der Waals surface area (Å²) in [6, 6.07) is 0.949. The molecule has 0 N–H and O–H groups in total. The first kappa shape index (κ1) is 19.9. The van der Waals surface area contributed by atoms with Crippen molar-refractivity contribution >= 4 is 0 Å². The van der Waals surface area contributed by atoms with E-state index in [0.29, 0.717) is 5.82 Å². The molecule has 1 aromatic rings. The highest BCUT2D eigenvalue weighted by atomic mass is 19.4. The Kier molecular flexibility index (Phi) is 8.00. The zero-order valence-electron chi connectivity index (χ0n) is 14.5. The molecule has 0 fully saturated rings. The van der Waals surface area contributed by atoms with Crippen LogP contribution in [0.2, 0.25) is 0 Å². The second-order valence-electron chi connectivity index (χ2n) is 6.59. The summed E-state index contributed by atoms with van der Waals surface area (Å²) in [7, 11) is 0. The van der Waals surface area contributed by atoms with Crippen molar-refractivity contribution in [2.75, 3.05) is 0 Å². The monoisotopic (exact) mass is 330 g/mol. The lowest BCUT2D eigenvalue weighted by atomic mass is 9.79. The number of rotatable bonds is 10. The quantitative estimate of drug-likeness (QED) is 0.470. The summed E-state index contributed by atoms with van der Waals surface area (Å²) in [6.07, 6.45) is 6.22. The molecule has 0 aliphatic heterocycles. The first-order valence-corrected chi connectivity index (χ1v) is 8.74. The second kappa shape index (κ2) is 9.24. The van der Waals surface area contributed by atoms with E-state index in [1.807, 2.05) is 6.92 Å². The number of alkyl halides is 3. The Bertz CT molecular complexity index is 460. The minimum Gasteiger partial charge on any atom is -0.241 e. The van der Waals surface area contributed by atoms with Crippen molar-refractivity contribution in [1.29, 1.82) is 0 Å². The molecule has 0 bridgehead atoms. The Balaban J connectivity index is 2.87. The van der Waals surface area contributed by atoms with Gasteiger partial charge in [-0.15, -0.1) is 0 Å². The number of hydrogen-bond donors (Lipinski definition) is 0. The molecule has 23 heavy (non-hydrogen) atoms. The smallest absolute Gasteiger partial charge is 0.241 e. The zero-order valence-corrected chi connectivity index (χ0v) is 14.5. The fourth-order valence-corrected chi connectivity index (χ4v) is 2.84. The summed E-state index contributed by atoms with van der Waals surface area (Å²) < 4.78 is 38.7. The van der Waals surface area contributed by atoms with Crippen LogP contribution in [-0.2, 0) is 11.6 Å². The van der Waals surface area contributed by atoms with Gasteiger partial charge in [-0.3, -0.25) is 0 Å². The number of halogens is 3. The topological polar surface area (TPSA) is 25.8 Å². The molecule has 0 aromatic carbocycles. The highest BCUT2D eigenvalue weighted by molar-refractivity contribution is 5.12. The highest BCUT2D eigenvalue weighted by Gasteiger charge is 2.35. The van der Waals surface area contributed by atoms with E-state index in [2.05, 4.69) is 23.8 Å². The molecule has 1 atom stereocenters. The molecule has 132 valence electrons. The van der Waals surface area contributed by atoms with Crippen LogP contribution in [0.4, 0.5) is 13.2 Å². The van der Waals surface area contributed by atoms with Gasteiger partial charge in [0.05, 0.1) is 0 Å². The van der Waals surface area contributed by atoms with E-state index < -0.39 is 11.9 Å². The van der Waals surface area contributed by atoms with Crippen LogP contribution in [0.3, 0.4) is 0 Å². The van der Waals surface area contributed by atoms with Crippen LogP contribution >= 0.6 is 0 Å². The van der Waals surface area contributed by atoms with E-state index >= 15 is 0 Å². The molecule has 1 aromatic heterocycles. The van der Waals surface area contributed by atoms with Gasteiger partial charge in [0, 0.05) is 11.6 Å². The molecule has 0 spiro atoms. The predicted octanol–water partition coefficient (Wildman–Crippen LogP) is 6.30. The van der Waals surface area contributed by atoms with E-state index in [1.54, 1.807) is 0 Å². The average molecular weight is 330 g/mol. The lowest BCUT2D eigenvalue weighted by Gasteiger charge is -2.28. The fourth-order valence-electron chi connectivity index (χ4n) is 2.84. The van der Waals surface area contributed by atoms with Crippen LogP contribution in [0.1, 0.15) is 90.1 Å². The van der Waals surface area contributed by atoms with Gasteiger partial charge in [-0.2, -0.15) is 13.2 Å². The molecule has 0 amide bonds. The Morgan fingerprint density at radius 3 is 2.13 bits per heavy atom. The van der Waals surface area contributed by atoms with Crippen molar-refractivity contribution < 1.29 is 13.2 Å².